The molecule has 0 atom stereocenters. The summed E-state index contributed by atoms with van der Waals surface area (Å²) in [5, 5.41) is 3.16. The van der Waals surface area contributed by atoms with Crippen molar-refractivity contribution in [3.05, 3.63) is 18.6 Å². The molecule has 0 aromatic carbocycles. The first-order valence-corrected chi connectivity index (χ1v) is 8.70. The summed E-state index contributed by atoms with van der Waals surface area (Å²) in [6, 6.07) is 0.417. The quantitative estimate of drug-likeness (QED) is 0.863. The highest BCUT2D eigenvalue weighted by Crippen LogP contribution is 2.19. The molecule has 0 unspecified atom stereocenters. The summed E-state index contributed by atoms with van der Waals surface area (Å²) in [7, 11) is 0. The van der Waals surface area contributed by atoms with E-state index in [-0.39, 0.29) is 5.91 Å². The van der Waals surface area contributed by atoms with E-state index in [2.05, 4.69) is 20.2 Å². The van der Waals surface area contributed by atoms with Gasteiger partial charge in [0.05, 0.1) is 19.3 Å². The number of aromatic nitrogens is 2. The van der Waals surface area contributed by atoms with Crippen LogP contribution in [-0.4, -0.2) is 53.1 Å². The third-order valence-corrected chi connectivity index (χ3v) is 4.80. The fraction of sp³-hybridized carbons (Fsp3) is 0.706. The molecule has 0 radical (unpaired) electrons. The molecule has 1 aliphatic heterocycles. The molecule has 1 aromatic rings. The fourth-order valence-electron chi connectivity index (χ4n) is 3.42. The van der Waals surface area contributed by atoms with Gasteiger partial charge in [0, 0.05) is 18.4 Å². The Balaban J connectivity index is 1.32. The van der Waals surface area contributed by atoms with Crippen molar-refractivity contribution in [1.82, 2.24) is 20.2 Å². The fourth-order valence-corrected chi connectivity index (χ4v) is 3.42. The number of carbonyl (C=O) groups excluding carboxylic acids is 1. The predicted octanol–water partition coefficient (Wildman–Crippen LogP) is 1.63. The Kier molecular flexibility index (Phi) is 5.80. The van der Waals surface area contributed by atoms with Gasteiger partial charge in [0.15, 0.2) is 0 Å². The van der Waals surface area contributed by atoms with Crippen molar-refractivity contribution in [3.8, 4) is 5.88 Å². The third-order valence-electron chi connectivity index (χ3n) is 4.80. The molecule has 0 bridgehead atoms. The minimum absolute atomic E-state index is 0.186. The Morgan fingerprint density at radius 1 is 1.22 bits per heavy atom. The molecule has 1 saturated heterocycles. The van der Waals surface area contributed by atoms with Gasteiger partial charge in [-0.3, -0.25) is 14.7 Å². The lowest BCUT2D eigenvalue weighted by atomic mass is 9.98. The van der Waals surface area contributed by atoms with Crippen LogP contribution in [0, 0.1) is 5.92 Å². The van der Waals surface area contributed by atoms with Crippen molar-refractivity contribution in [2.45, 2.75) is 44.6 Å². The molecule has 2 aliphatic rings. The number of hydrogen-bond donors (Lipinski definition) is 1. The molecule has 2 fully saturated rings. The second-order valence-corrected chi connectivity index (χ2v) is 6.62. The summed E-state index contributed by atoms with van der Waals surface area (Å²) < 4.78 is 5.68. The Hall–Kier alpha value is -1.69. The van der Waals surface area contributed by atoms with Gasteiger partial charge in [-0.25, -0.2) is 4.98 Å². The highest BCUT2D eigenvalue weighted by atomic mass is 16.5. The second-order valence-electron chi connectivity index (χ2n) is 6.62. The molecular formula is C17H26N4O2. The maximum Gasteiger partial charge on any atom is 0.234 e. The third kappa shape index (κ3) is 5.16. The average molecular weight is 318 g/mol. The van der Waals surface area contributed by atoms with Gasteiger partial charge in [-0.1, -0.05) is 12.8 Å². The molecule has 1 saturated carbocycles. The van der Waals surface area contributed by atoms with Crippen LogP contribution in [0.4, 0.5) is 0 Å². The van der Waals surface area contributed by atoms with E-state index in [1.54, 1.807) is 18.6 Å². The molecule has 0 spiro atoms. The van der Waals surface area contributed by atoms with Crippen LogP contribution in [-0.2, 0) is 4.79 Å². The maximum atomic E-state index is 12.1. The minimum Gasteiger partial charge on any atom is -0.476 e. The molecule has 1 N–H and O–H groups in total. The first-order chi connectivity index (χ1) is 11.3. The molecule has 6 heteroatoms. The van der Waals surface area contributed by atoms with E-state index in [4.69, 9.17) is 4.74 Å². The van der Waals surface area contributed by atoms with Gasteiger partial charge in [0.25, 0.3) is 0 Å². The zero-order chi connectivity index (χ0) is 15.9. The number of carbonyl (C=O) groups is 1. The van der Waals surface area contributed by atoms with Crippen molar-refractivity contribution in [2.24, 2.45) is 5.92 Å². The van der Waals surface area contributed by atoms with Crippen LogP contribution in [0.25, 0.3) is 0 Å². The SMILES string of the molecule is O=C(CN1CCC(COc2cnccn2)CC1)NC1CCCC1. The monoisotopic (exact) mass is 318 g/mol. The lowest BCUT2D eigenvalue weighted by Gasteiger charge is -2.31. The summed E-state index contributed by atoms with van der Waals surface area (Å²) in [5.41, 5.74) is 0. The van der Waals surface area contributed by atoms with Crippen LogP contribution in [0.5, 0.6) is 5.88 Å². The first-order valence-electron chi connectivity index (χ1n) is 8.70. The number of piperidine rings is 1. The van der Waals surface area contributed by atoms with E-state index in [1.165, 1.54) is 12.8 Å². The van der Waals surface area contributed by atoms with Crippen molar-refractivity contribution < 1.29 is 9.53 Å². The van der Waals surface area contributed by atoms with Crippen LogP contribution in [0.2, 0.25) is 0 Å². The van der Waals surface area contributed by atoms with Crippen LogP contribution in [0.3, 0.4) is 0 Å². The Labute approximate surface area is 137 Å². The highest BCUT2D eigenvalue weighted by Gasteiger charge is 2.23. The molecule has 126 valence electrons. The standard InChI is InChI=1S/C17H26N4O2/c22-16(20-15-3-1-2-4-15)12-21-9-5-14(6-10-21)13-23-17-11-18-7-8-19-17/h7-8,11,14-15H,1-6,9-10,12-13H2,(H,20,22). The predicted molar refractivity (Wildman–Crippen MR) is 87.1 cm³/mol. The zero-order valence-electron chi connectivity index (χ0n) is 13.6. The van der Waals surface area contributed by atoms with Crippen LogP contribution >= 0.6 is 0 Å². The number of ether oxygens (including phenoxy) is 1. The Morgan fingerprint density at radius 3 is 2.70 bits per heavy atom. The van der Waals surface area contributed by atoms with Crippen molar-refractivity contribution in [3.63, 3.8) is 0 Å². The van der Waals surface area contributed by atoms with Crippen LogP contribution in [0.1, 0.15) is 38.5 Å². The second kappa shape index (κ2) is 8.24. The summed E-state index contributed by atoms with van der Waals surface area (Å²) in [6.07, 6.45) is 11.9. The largest absolute Gasteiger partial charge is 0.476 e. The molecule has 3 rings (SSSR count). The summed E-state index contributed by atoms with van der Waals surface area (Å²) in [5.74, 6) is 1.31. The van der Waals surface area contributed by atoms with E-state index in [1.807, 2.05) is 0 Å². The van der Waals surface area contributed by atoms with E-state index >= 15 is 0 Å². The number of amides is 1. The minimum atomic E-state index is 0.186. The molecule has 1 amide bonds. The van der Waals surface area contributed by atoms with Gasteiger partial charge in [0.2, 0.25) is 11.8 Å². The number of rotatable bonds is 6. The van der Waals surface area contributed by atoms with Crippen LogP contribution < -0.4 is 10.1 Å². The molecule has 2 heterocycles. The number of nitrogens with zero attached hydrogens (tertiary/aromatic N) is 3. The maximum absolute atomic E-state index is 12.1. The van der Waals surface area contributed by atoms with Gasteiger partial charge < -0.3 is 10.1 Å². The smallest absolute Gasteiger partial charge is 0.234 e. The van der Waals surface area contributed by atoms with Crippen molar-refractivity contribution in [2.75, 3.05) is 26.2 Å². The Morgan fingerprint density at radius 2 is 2.00 bits per heavy atom. The topological polar surface area (TPSA) is 67.4 Å². The lowest BCUT2D eigenvalue weighted by Crippen LogP contribution is -2.44. The summed E-state index contributed by atoms with van der Waals surface area (Å²) in [4.78, 5) is 22.4. The van der Waals surface area contributed by atoms with Gasteiger partial charge in [-0.15, -0.1) is 0 Å². The van der Waals surface area contributed by atoms with Crippen molar-refractivity contribution >= 4 is 5.91 Å². The van der Waals surface area contributed by atoms with Crippen LogP contribution in [0.15, 0.2) is 18.6 Å². The molecule has 6 nitrogen and oxygen atoms in total. The Bertz CT molecular complexity index is 483. The molecular weight excluding hydrogens is 292 g/mol. The van der Waals surface area contributed by atoms with Gasteiger partial charge in [-0.2, -0.15) is 0 Å². The zero-order valence-corrected chi connectivity index (χ0v) is 13.6. The molecule has 23 heavy (non-hydrogen) atoms. The molecule has 1 aromatic heterocycles. The average Bonchev–Trinajstić information content (AvgIpc) is 3.08. The van der Waals surface area contributed by atoms with Gasteiger partial charge in [-0.05, 0) is 44.7 Å². The van der Waals surface area contributed by atoms with E-state index < -0.39 is 0 Å². The van der Waals surface area contributed by atoms with E-state index in [0.29, 0.717) is 31.0 Å². The number of likely N-dealkylation sites (tertiary alicyclic amines) is 1. The lowest BCUT2D eigenvalue weighted by molar-refractivity contribution is -0.123. The summed E-state index contributed by atoms with van der Waals surface area (Å²) >= 11 is 0. The number of hydrogen-bond acceptors (Lipinski definition) is 5. The highest BCUT2D eigenvalue weighted by molar-refractivity contribution is 5.78. The van der Waals surface area contributed by atoms with E-state index in [0.717, 1.165) is 38.8 Å². The van der Waals surface area contributed by atoms with Gasteiger partial charge >= 0.3 is 0 Å². The van der Waals surface area contributed by atoms with Gasteiger partial charge in [0.1, 0.15) is 0 Å². The molecule has 1 aliphatic carbocycles. The number of nitrogens with one attached hydrogen (secondary N) is 1. The normalized spacial score (nSPS) is 20.5. The van der Waals surface area contributed by atoms with E-state index in [9.17, 15) is 4.79 Å². The first kappa shape index (κ1) is 16.2. The summed E-state index contributed by atoms with van der Waals surface area (Å²) in [6.45, 7) is 3.15. The van der Waals surface area contributed by atoms with Crippen molar-refractivity contribution in [1.29, 1.82) is 0 Å².